The molecule has 0 bridgehead atoms. The molecule has 2 aromatic rings. The van der Waals surface area contributed by atoms with E-state index >= 15 is 0 Å². The van der Waals surface area contributed by atoms with Crippen LogP contribution in [0.3, 0.4) is 0 Å². The van der Waals surface area contributed by atoms with Crippen LogP contribution in [0, 0.1) is 27.7 Å². The topological polar surface area (TPSA) is 58.2 Å². The van der Waals surface area contributed by atoms with Crippen molar-refractivity contribution in [2.24, 2.45) is 0 Å². The van der Waals surface area contributed by atoms with Crippen LogP contribution in [-0.2, 0) is 9.59 Å². The van der Waals surface area contributed by atoms with Crippen LogP contribution in [0.2, 0.25) is 10.0 Å². The molecule has 0 fully saturated rings. The number of hydrogen-bond acceptors (Lipinski definition) is 2. The monoisotopic (exact) mass is 364 g/mol. The number of carbonyl (C=O) groups excluding carboxylic acids is 2. The van der Waals surface area contributed by atoms with Crippen LogP contribution in [0.1, 0.15) is 22.3 Å². The molecule has 0 aliphatic carbocycles. The zero-order chi connectivity index (χ0) is 18.0. The van der Waals surface area contributed by atoms with E-state index in [1.165, 1.54) is 0 Å². The second-order valence-corrected chi connectivity index (χ2v) is 6.60. The molecule has 24 heavy (non-hydrogen) atoms. The van der Waals surface area contributed by atoms with E-state index in [2.05, 4.69) is 10.6 Å². The molecule has 0 spiro atoms. The number of rotatable bonds is 2. The molecule has 6 heteroatoms. The third-order valence-electron chi connectivity index (χ3n) is 3.55. The predicted molar refractivity (Wildman–Crippen MR) is 99.1 cm³/mol. The Kier molecular flexibility index (Phi) is 5.52. The van der Waals surface area contributed by atoms with E-state index in [0.29, 0.717) is 21.4 Å². The van der Waals surface area contributed by atoms with E-state index in [4.69, 9.17) is 23.2 Å². The minimum atomic E-state index is -0.806. The third kappa shape index (κ3) is 4.08. The van der Waals surface area contributed by atoms with Crippen molar-refractivity contribution < 1.29 is 9.59 Å². The fourth-order valence-corrected chi connectivity index (χ4v) is 3.23. The normalized spacial score (nSPS) is 10.4. The smallest absolute Gasteiger partial charge is 0.314 e. The number of amides is 2. The van der Waals surface area contributed by atoms with Crippen LogP contribution in [0.4, 0.5) is 11.4 Å². The highest BCUT2D eigenvalue weighted by Gasteiger charge is 2.19. The summed E-state index contributed by atoms with van der Waals surface area (Å²) in [4.78, 5) is 24.3. The first-order valence-electron chi connectivity index (χ1n) is 7.35. The van der Waals surface area contributed by atoms with Crippen molar-refractivity contribution >= 4 is 46.4 Å². The van der Waals surface area contributed by atoms with Crippen LogP contribution in [0.15, 0.2) is 24.3 Å². The Morgan fingerprint density at radius 3 is 1.33 bits per heavy atom. The summed E-state index contributed by atoms with van der Waals surface area (Å²) in [6.45, 7) is 7.43. The summed E-state index contributed by atoms with van der Waals surface area (Å²) in [5.41, 5.74) is 4.36. The van der Waals surface area contributed by atoms with Crippen molar-refractivity contribution in [3.63, 3.8) is 0 Å². The number of hydrogen-bond donors (Lipinski definition) is 2. The molecule has 4 nitrogen and oxygen atoms in total. The minimum absolute atomic E-state index is 0.387. The van der Waals surface area contributed by atoms with Crippen LogP contribution in [-0.4, -0.2) is 11.8 Å². The Morgan fingerprint density at radius 2 is 1.04 bits per heavy atom. The first kappa shape index (κ1) is 18.3. The van der Waals surface area contributed by atoms with Gasteiger partial charge in [-0.2, -0.15) is 0 Å². The van der Waals surface area contributed by atoms with E-state index in [1.54, 1.807) is 12.1 Å². The molecule has 0 aromatic heterocycles. The number of nitrogens with one attached hydrogen (secondary N) is 2. The molecule has 0 heterocycles. The van der Waals surface area contributed by atoms with Gasteiger partial charge in [0, 0.05) is 0 Å². The maximum atomic E-state index is 12.2. The highest BCUT2D eigenvalue weighted by Crippen LogP contribution is 2.29. The van der Waals surface area contributed by atoms with Crippen LogP contribution >= 0.6 is 23.2 Å². The summed E-state index contributed by atoms with van der Waals surface area (Å²) in [6.07, 6.45) is 0. The molecule has 126 valence electrons. The van der Waals surface area contributed by atoms with Gasteiger partial charge in [-0.25, -0.2) is 0 Å². The molecule has 0 saturated heterocycles. The molecule has 0 atom stereocenters. The maximum Gasteiger partial charge on any atom is 0.314 e. The lowest BCUT2D eigenvalue weighted by Crippen LogP contribution is -2.30. The molecule has 2 amide bonds. The Bertz CT molecular complexity index is 716. The van der Waals surface area contributed by atoms with E-state index in [1.807, 2.05) is 39.8 Å². The molecular weight excluding hydrogens is 347 g/mol. The molecule has 0 aliphatic heterocycles. The van der Waals surface area contributed by atoms with Crippen LogP contribution < -0.4 is 10.6 Å². The first-order chi connectivity index (χ1) is 11.2. The van der Waals surface area contributed by atoms with E-state index in [9.17, 15) is 9.59 Å². The average Bonchev–Trinajstić information content (AvgIpc) is 2.46. The van der Waals surface area contributed by atoms with Gasteiger partial charge >= 0.3 is 11.8 Å². The van der Waals surface area contributed by atoms with Gasteiger partial charge in [-0.1, -0.05) is 35.3 Å². The zero-order valence-electron chi connectivity index (χ0n) is 13.9. The SMILES string of the molecule is Cc1cc(C)c(NC(=O)C(=O)Nc2c(C)cc(C)cc2Cl)c(Cl)c1. The Labute approximate surface area is 151 Å². The number of carbonyl (C=O) groups is 2. The summed E-state index contributed by atoms with van der Waals surface area (Å²) in [7, 11) is 0. The van der Waals surface area contributed by atoms with Gasteiger partial charge in [0.15, 0.2) is 0 Å². The van der Waals surface area contributed by atoms with Gasteiger partial charge in [-0.15, -0.1) is 0 Å². The molecule has 0 saturated carbocycles. The van der Waals surface area contributed by atoms with Gasteiger partial charge in [0.25, 0.3) is 0 Å². The van der Waals surface area contributed by atoms with Crippen molar-refractivity contribution in [1.29, 1.82) is 0 Å². The summed E-state index contributed by atoms with van der Waals surface area (Å²) in [5, 5.41) is 5.87. The Balaban J connectivity index is 2.19. The lowest BCUT2D eigenvalue weighted by molar-refractivity contribution is -0.133. The van der Waals surface area contributed by atoms with Gasteiger partial charge < -0.3 is 10.6 Å². The van der Waals surface area contributed by atoms with E-state index in [0.717, 1.165) is 22.3 Å². The van der Waals surface area contributed by atoms with Crippen molar-refractivity contribution in [3.05, 3.63) is 56.6 Å². The Morgan fingerprint density at radius 1 is 0.708 bits per heavy atom. The standard InChI is InChI=1S/C18H18Cl2N2O2/c1-9-5-11(3)15(13(19)7-9)21-17(23)18(24)22-16-12(4)6-10(2)8-14(16)20/h5-8H,1-4H3,(H,21,23)(H,22,24). The van der Waals surface area contributed by atoms with Gasteiger partial charge in [0.2, 0.25) is 0 Å². The quantitative estimate of drug-likeness (QED) is 0.751. The molecule has 0 radical (unpaired) electrons. The molecule has 0 unspecified atom stereocenters. The lowest BCUT2D eigenvalue weighted by Gasteiger charge is -2.13. The van der Waals surface area contributed by atoms with Crippen molar-refractivity contribution in [2.75, 3.05) is 10.6 Å². The summed E-state index contributed by atoms with van der Waals surface area (Å²) >= 11 is 12.3. The second kappa shape index (κ2) is 7.24. The number of halogens is 2. The first-order valence-corrected chi connectivity index (χ1v) is 8.10. The third-order valence-corrected chi connectivity index (χ3v) is 4.14. The lowest BCUT2D eigenvalue weighted by atomic mass is 10.1. The Hall–Kier alpha value is -2.04. The van der Waals surface area contributed by atoms with Gasteiger partial charge in [0.05, 0.1) is 21.4 Å². The fourth-order valence-electron chi connectivity index (χ4n) is 2.49. The summed E-state index contributed by atoms with van der Waals surface area (Å²) in [5.74, 6) is -1.61. The molecule has 2 rings (SSSR count). The van der Waals surface area contributed by atoms with Gasteiger partial charge in [0.1, 0.15) is 0 Å². The second-order valence-electron chi connectivity index (χ2n) is 5.79. The van der Waals surface area contributed by atoms with E-state index in [-0.39, 0.29) is 0 Å². The average molecular weight is 365 g/mol. The van der Waals surface area contributed by atoms with Crippen molar-refractivity contribution in [3.8, 4) is 0 Å². The van der Waals surface area contributed by atoms with E-state index < -0.39 is 11.8 Å². The summed E-state index contributed by atoms with van der Waals surface area (Å²) < 4.78 is 0. The minimum Gasteiger partial charge on any atom is -0.316 e. The van der Waals surface area contributed by atoms with Crippen molar-refractivity contribution in [2.45, 2.75) is 27.7 Å². The molecule has 2 N–H and O–H groups in total. The van der Waals surface area contributed by atoms with Crippen molar-refractivity contribution in [1.82, 2.24) is 0 Å². The largest absolute Gasteiger partial charge is 0.316 e. The number of aryl methyl sites for hydroxylation is 4. The predicted octanol–water partition coefficient (Wildman–Crippen LogP) is 4.80. The highest BCUT2D eigenvalue weighted by molar-refractivity contribution is 6.46. The highest BCUT2D eigenvalue weighted by atomic mass is 35.5. The summed E-state index contributed by atoms with van der Waals surface area (Å²) in [6, 6.07) is 7.20. The number of benzene rings is 2. The van der Waals surface area contributed by atoms with Gasteiger partial charge in [-0.3, -0.25) is 9.59 Å². The molecule has 0 aliphatic rings. The molecular formula is C18H18Cl2N2O2. The number of anilines is 2. The molecule has 2 aromatic carbocycles. The van der Waals surface area contributed by atoms with Crippen LogP contribution in [0.5, 0.6) is 0 Å². The van der Waals surface area contributed by atoms with Gasteiger partial charge in [-0.05, 0) is 62.1 Å². The fraction of sp³-hybridized carbons (Fsp3) is 0.222. The van der Waals surface area contributed by atoms with Crippen LogP contribution in [0.25, 0.3) is 0 Å². The zero-order valence-corrected chi connectivity index (χ0v) is 15.4. The maximum absolute atomic E-state index is 12.2.